The number of likely N-dealkylation sites (tertiary alicyclic amines) is 1. The minimum Gasteiger partial charge on any atom is -0.487 e. The smallest absolute Gasteiger partial charge is 0.435 e. The summed E-state index contributed by atoms with van der Waals surface area (Å²) in [4.78, 5) is 18.4. The first-order valence-electron chi connectivity index (χ1n) is 10.4. The third kappa shape index (κ3) is 5.31. The lowest BCUT2D eigenvalue weighted by molar-refractivity contribution is -0.147. The van der Waals surface area contributed by atoms with Gasteiger partial charge in [-0.05, 0) is 29.8 Å². The van der Waals surface area contributed by atoms with E-state index in [0.717, 1.165) is 5.56 Å². The van der Waals surface area contributed by atoms with Gasteiger partial charge in [-0.1, -0.05) is 12.1 Å². The first-order chi connectivity index (χ1) is 15.3. The van der Waals surface area contributed by atoms with E-state index in [1.54, 1.807) is 23.1 Å². The first kappa shape index (κ1) is 22.3. The maximum atomic E-state index is 13.6. The van der Waals surface area contributed by atoms with Crippen LogP contribution in [0.25, 0.3) is 0 Å². The van der Waals surface area contributed by atoms with Crippen molar-refractivity contribution < 1.29 is 32.5 Å². The summed E-state index contributed by atoms with van der Waals surface area (Å²) in [5.41, 5.74) is 0.349. The van der Waals surface area contributed by atoms with Crippen molar-refractivity contribution in [3.8, 4) is 5.75 Å². The number of halogens is 3. The molecule has 2 aromatic rings. The molecule has 0 bridgehead atoms. The van der Waals surface area contributed by atoms with E-state index in [4.69, 9.17) is 14.6 Å². The molecule has 1 aromatic heterocycles. The van der Waals surface area contributed by atoms with Gasteiger partial charge in [0.25, 0.3) is 0 Å². The van der Waals surface area contributed by atoms with Crippen molar-refractivity contribution in [1.29, 1.82) is 0 Å². The minimum atomic E-state index is -4.57. The molecule has 2 aliphatic heterocycles. The van der Waals surface area contributed by atoms with E-state index >= 15 is 0 Å². The van der Waals surface area contributed by atoms with E-state index in [1.807, 2.05) is 17.0 Å². The van der Waals surface area contributed by atoms with Crippen LogP contribution in [0.1, 0.15) is 17.0 Å². The Morgan fingerprint density at radius 1 is 1.12 bits per heavy atom. The van der Waals surface area contributed by atoms with Crippen LogP contribution in [-0.2, 0) is 28.9 Å². The van der Waals surface area contributed by atoms with Gasteiger partial charge in [0.05, 0.1) is 30.5 Å². The molecular weight excluding hydrogens is 427 g/mol. The van der Waals surface area contributed by atoms with Gasteiger partial charge in [0.1, 0.15) is 12.4 Å². The molecule has 10 heteroatoms. The summed E-state index contributed by atoms with van der Waals surface area (Å²) in [5.74, 6) is -0.556. The zero-order chi connectivity index (χ0) is 22.7. The quantitative estimate of drug-likeness (QED) is 0.694. The normalized spacial score (nSPS) is 17.8. The van der Waals surface area contributed by atoms with Gasteiger partial charge < -0.3 is 19.5 Å². The second-order valence-corrected chi connectivity index (χ2v) is 7.93. The summed E-state index contributed by atoms with van der Waals surface area (Å²) in [6.45, 7) is 3.17. The van der Waals surface area contributed by atoms with Crippen molar-refractivity contribution in [3.05, 3.63) is 53.3 Å². The Hall–Kier alpha value is -2.85. The van der Waals surface area contributed by atoms with Crippen LogP contribution in [0.15, 0.2) is 36.4 Å². The molecule has 3 heterocycles. The Morgan fingerprint density at radius 2 is 1.81 bits per heavy atom. The number of rotatable bonds is 7. The standard InChI is InChI=1S/C22H24F3N3O4/c23-22(24,25)20-19(28-7-9-31-10-8-28)6-3-17(26-20)14-32-18-4-1-15(2-5-18)11-27-12-16(13-27)21(29)30/h1-6,16H,7-14H2,(H,29,30). The monoisotopic (exact) mass is 451 g/mol. The van der Waals surface area contributed by atoms with Crippen LogP contribution < -0.4 is 9.64 Å². The van der Waals surface area contributed by atoms with Crippen molar-refractivity contribution in [2.45, 2.75) is 19.3 Å². The van der Waals surface area contributed by atoms with Gasteiger partial charge in [-0.2, -0.15) is 13.2 Å². The molecule has 172 valence electrons. The number of hydrogen-bond donors (Lipinski definition) is 1. The van der Waals surface area contributed by atoms with Gasteiger partial charge in [0.15, 0.2) is 5.69 Å². The van der Waals surface area contributed by atoms with E-state index in [1.165, 1.54) is 6.07 Å². The number of aliphatic carboxylic acids is 1. The molecule has 0 radical (unpaired) electrons. The number of aromatic nitrogens is 1. The van der Waals surface area contributed by atoms with Crippen LogP contribution in [0, 0.1) is 5.92 Å². The topological polar surface area (TPSA) is 75.1 Å². The van der Waals surface area contributed by atoms with Crippen molar-refractivity contribution in [3.63, 3.8) is 0 Å². The maximum absolute atomic E-state index is 13.6. The number of anilines is 1. The van der Waals surface area contributed by atoms with Crippen molar-refractivity contribution in [2.24, 2.45) is 5.92 Å². The molecule has 0 amide bonds. The van der Waals surface area contributed by atoms with E-state index < -0.39 is 17.8 Å². The van der Waals surface area contributed by atoms with Crippen LogP contribution >= 0.6 is 0 Å². The Labute approximate surface area is 183 Å². The summed E-state index contributed by atoms with van der Waals surface area (Å²) >= 11 is 0. The SMILES string of the molecule is O=C(O)C1CN(Cc2ccc(OCc3ccc(N4CCOCC4)c(C(F)(F)F)n3)cc2)C1. The predicted octanol–water partition coefficient (Wildman–Crippen LogP) is 3.03. The molecule has 2 saturated heterocycles. The second kappa shape index (κ2) is 9.33. The minimum absolute atomic E-state index is 0.0602. The lowest BCUT2D eigenvalue weighted by Gasteiger charge is -2.36. The third-order valence-corrected chi connectivity index (χ3v) is 5.57. The van der Waals surface area contributed by atoms with Gasteiger partial charge in [0, 0.05) is 32.7 Å². The molecule has 0 unspecified atom stereocenters. The second-order valence-electron chi connectivity index (χ2n) is 7.93. The molecule has 4 rings (SSSR count). The highest BCUT2D eigenvalue weighted by molar-refractivity contribution is 5.71. The Balaban J connectivity index is 1.36. The number of pyridine rings is 1. The Morgan fingerprint density at radius 3 is 2.44 bits per heavy atom. The average molecular weight is 451 g/mol. The van der Waals surface area contributed by atoms with E-state index in [2.05, 4.69) is 4.98 Å². The Bertz CT molecular complexity index is 940. The van der Waals surface area contributed by atoms with Crippen molar-refractivity contribution >= 4 is 11.7 Å². The molecule has 0 aliphatic carbocycles. The maximum Gasteiger partial charge on any atom is 0.435 e. The van der Waals surface area contributed by atoms with Gasteiger partial charge in [0.2, 0.25) is 0 Å². The fourth-order valence-electron chi connectivity index (χ4n) is 3.80. The molecule has 2 aliphatic rings. The summed E-state index contributed by atoms with van der Waals surface area (Å²) in [7, 11) is 0. The molecule has 1 aromatic carbocycles. The summed E-state index contributed by atoms with van der Waals surface area (Å²) in [6, 6.07) is 10.2. The molecule has 7 nitrogen and oxygen atoms in total. The molecule has 2 fully saturated rings. The van der Waals surface area contributed by atoms with Crippen molar-refractivity contribution in [1.82, 2.24) is 9.88 Å². The molecule has 1 N–H and O–H groups in total. The number of ether oxygens (including phenoxy) is 2. The van der Waals surface area contributed by atoms with Gasteiger partial charge in [-0.25, -0.2) is 4.98 Å². The van der Waals surface area contributed by atoms with Crippen LogP contribution in [0.3, 0.4) is 0 Å². The Kier molecular flexibility index (Phi) is 6.52. The molecule has 0 spiro atoms. The van der Waals surface area contributed by atoms with Crippen LogP contribution in [0.2, 0.25) is 0 Å². The number of benzene rings is 1. The fraction of sp³-hybridized carbons (Fsp3) is 0.455. The average Bonchev–Trinajstić information content (AvgIpc) is 2.75. The molecular formula is C22H24F3N3O4. The van der Waals surface area contributed by atoms with E-state index in [9.17, 15) is 18.0 Å². The summed E-state index contributed by atoms with van der Waals surface area (Å²) in [5, 5.41) is 8.93. The fourth-order valence-corrected chi connectivity index (χ4v) is 3.80. The van der Waals surface area contributed by atoms with Crippen LogP contribution in [-0.4, -0.2) is 60.4 Å². The third-order valence-electron chi connectivity index (χ3n) is 5.57. The van der Waals surface area contributed by atoms with Crippen LogP contribution in [0.4, 0.5) is 18.9 Å². The van der Waals surface area contributed by atoms with E-state index in [-0.39, 0.29) is 23.9 Å². The number of carboxylic acid groups (broad SMARTS) is 1. The largest absolute Gasteiger partial charge is 0.487 e. The van der Waals surface area contributed by atoms with E-state index in [0.29, 0.717) is 51.7 Å². The highest BCUT2D eigenvalue weighted by Crippen LogP contribution is 2.35. The number of morpholine rings is 1. The zero-order valence-electron chi connectivity index (χ0n) is 17.3. The lowest BCUT2D eigenvalue weighted by Crippen LogP contribution is -2.49. The van der Waals surface area contributed by atoms with Gasteiger partial charge in [-0.15, -0.1) is 0 Å². The predicted molar refractivity (Wildman–Crippen MR) is 109 cm³/mol. The highest BCUT2D eigenvalue weighted by atomic mass is 19.4. The number of carboxylic acids is 1. The molecule has 0 saturated carbocycles. The molecule has 0 atom stereocenters. The van der Waals surface area contributed by atoms with Gasteiger partial charge >= 0.3 is 12.1 Å². The summed E-state index contributed by atoms with van der Waals surface area (Å²) < 4.78 is 51.7. The van der Waals surface area contributed by atoms with Crippen molar-refractivity contribution in [2.75, 3.05) is 44.3 Å². The number of hydrogen-bond acceptors (Lipinski definition) is 6. The number of carbonyl (C=O) groups is 1. The molecule has 32 heavy (non-hydrogen) atoms. The lowest BCUT2D eigenvalue weighted by atomic mass is 10.00. The van der Waals surface area contributed by atoms with Gasteiger partial charge in [-0.3, -0.25) is 9.69 Å². The van der Waals surface area contributed by atoms with Crippen LogP contribution in [0.5, 0.6) is 5.75 Å². The first-order valence-corrected chi connectivity index (χ1v) is 10.4. The number of nitrogens with zero attached hydrogens (tertiary/aromatic N) is 3. The number of alkyl halides is 3. The zero-order valence-corrected chi connectivity index (χ0v) is 17.3. The summed E-state index contributed by atoms with van der Waals surface area (Å²) in [6.07, 6.45) is -4.57. The highest BCUT2D eigenvalue weighted by Gasteiger charge is 2.37.